The second kappa shape index (κ2) is 10.2. The fourth-order valence-corrected chi connectivity index (χ4v) is 4.21. The van der Waals surface area contributed by atoms with Crippen molar-refractivity contribution >= 4 is 0 Å². The summed E-state index contributed by atoms with van der Waals surface area (Å²) in [7, 11) is 0. The summed E-state index contributed by atoms with van der Waals surface area (Å²) in [5.74, 6) is 0. The molecule has 2 fully saturated rings. The van der Waals surface area contributed by atoms with Crippen LogP contribution in [0.2, 0.25) is 0 Å². The van der Waals surface area contributed by atoms with Crippen LogP contribution in [0.1, 0.15) is 30.1 Å². The lowest BCUT2D eigenvalue weighted by Gasteiger charge is -2.35. The molecule has 4 nitrogen and oxygen atoms in total. The molecule has 0 spiro atoms. The van der Waals surface area contributed by atoms with E-state index in [9.17, 15) is 0 Å². The summed E-state index contributed by atoms with van der Waals surface area (Å²) in [6.07, 6.45) is 2.93. The van der Waals surface area contributed by atoms with Crippen molar-refractivity contribution in [2.45, 2.75) is 25.0 Å². The van der Waals surface area contributed by atoms with Gasteiger partial charge in [-0.1, -0.05) is 60.7 Å². The molecule has 0 saturated carbocycles. The quantitative estimate of drug-likeness (QED) is 0.699. The van der Waals surface area contributed by atoms with Crippen LogP contribution in [0.25, 0.3) is 0 Å². The molecule has 4 rings (SSSR count). The monoisotopic (exact) mass is 380 g/mol. The first kappa shape index (κ1) is 19.6. The summed E-state index contributed by atoms with van der Waals surface area (Å²) in [6, 6.07) is 21.1. The van der Waals surface area contributed by atoms with Gasteiger partial charge in [-0.05, 0) is 24.0 Å². The third kappa shape index (κ3) is 5.42. The third-order valence-corrected chi connectivity index (χ3v) is 5.85. The van der Waals surface area contributed by atoms with Crippen molar-refractivity contribution in [1.82, 2.24) is 9.80 Å². The highest BCUT2D eigenvalue weighted by Crippen LogP contribution is 2.25. The molecule has 1 unspecified atom stereocenters. The van der Waals surface area contributed by atoms with Crippen LogP contribution in [0.4, 0.5) is 0 Å². The van der Waals surface area contributed by atoms with E-state index >= 15 is 0 Å². The maximum Gasteiger partial charge on any atom is 0.108 e. The molecule has 4 heteroatoms. The van der Waals surface area contributed by atoms with E-state index in [1.807, 2.05) is 0 Å². The Balaban J connectivity index is 1.25. The van der Waals surface area contributed by atoms with E-state index in [0.717, 1.165) is 52.5 Å². The average molecular weight is 381 g/mol. The summed E-state index contributed by atoms with van der Waals surface area (Å²) >= 11 is 0. The Bertz CT molecular complexity index is 641. The van der Waals surface area contributed by atoms with E-state index < -0.39 is 0 Å². The molecule has 2 aliphatic heterocycles. The zero-order valence-corrected chi connectivity index (χ0v) is 16.7. The molecule has 0 radical (unpaired) electrons. The van der Waals surface area contributed by atoms with Crippen molar-refractivity contribution < 1.29 is 9.47 Å². The maximum atomic E-state index is 6.38. The first-order valence-corrected chi connectivity index (χ1v) is 10.7. The number of hydrogen-bond acceptors (Lipinski definition) is 4. The molecular formula is C24H32N2O2. The molecule has 150 valence electrons. The van der Waals surface area contributed by atoms with Crippen LogP contribution in [0.3, 0.4) is 0 Å². The number of nitrogens with zero attached hydrogens (tertiary/aromatic N) is 2. The Morgan fingerprint density at radius 2 is 1.46 bits per heavy atom. The largest absolute Gasteiger partial charge is 0.377 e. The molecule has 2 saturated heterocycles. The van der Waals surface area contributed by atoms with E-state index in [2.05, 4.69) is 70.5 Å². The smallest absolute Gasteiger partial charge is 0.108 e. The Labute approximate surface area is 169 Å². The molecule has 2 aromatic rings. The topological polar surface area (TPSA) is 24.9 Å². The lowest BCUT2D eigenvalue weighted by molar-refractivity contribution is 0.0288. The van der Waals surface area contributed by atoms with Crippen LogP contribution < -0.4 is 0 Å². The highest BCUT2D eigenvalue weighted by Gasteiger charge is 2.23. The van der Waals surface area contributed by atoms with Crippen molar-refractivity contribution in [1.29, 1.82) is 0 Å². The fraction of sp³-hybridized carbons (Fsp3) is 0.500. The second-order valence-corrected chi connectivity index (χ2v) is 7.85. The molecule has 0 N–H and O–H groups in total. The first-order valence-electron chi connectivity index (χ1n) is 10.7. The minimum absolute atomic E-state index is 0.00297. The lowest BCUT2D eigenvalue weighted by Crippen LogP contribution is -2.49. The molecule has 2 aliphatic rings. The third-order valence-electron chi connectivity index (χ3n) is 5.85. The van der Waals surface area contributed by atoms with Gasteiger partial charge in [0.05, 0.1) is 12.7 Å². The van der Waals surface area contributed by atoms with Gasteiger partial charge in [0.15, 0.2) is 0 Å². The van der Waals surface area contributed by atoms with Crippen LogP contribution in [0.15, 0.2) is 60.7 Å². The van der Waals surface area contributed by atoms with Gasteiger partial charge in [-0.2, -0.15) is 0 Å². The molecule has 28 heavy (non-hydrogen) atoms. The summed E-state index contributed by atoms with van der Waals surface area (Å²) in [5, 5.41) is 0. The predicted molar refractivity (Wildman–Crippen MR) is 113 cm³/mol. The molecule has 2 heterocycles. The average Bonchev–Trinajstić information content (AvgIpc) is 3.27. The number of hydrogen-bond donors (Lipinski definition) is 0. The second-order valence-electron chi connectivity index (χ2n) is 7.85. The summed E-state index contributed by atoms with van der Waals surface area (Å²) in [6.45, 7) is 8.32. The van der Waals surface area contributed by atoms with Gasteiger partial charge in [-0.25, -0.2) is 0 Å². The standard InChI is InChI=1S/C24H32N2O2/c1-3-8-21(9-4-1)24(22-10-5-2-6-11-22)28-19-17-25-13-15-26(16-14-25)20-23-12-7-18-27-23/h1-6,8-11,23-24H,7,12-20H2. The zero-order chi connectivity index (χ0) is 19.0. The predicted octanol–water partition coefficient (Wildman–Crippen LogP) is 3.59. The van der Waals surface area contributed by atoms with Crippen LogP contribution >= 0.6 is 0 Å². The minimum atomic E-state index is 0.00297. The summed E-state index contributed by atoms with van der Waals surface area (Å²) < 4.78 is 12.2. The highest BCUT2D eigenvalue weighted by molar-refractivity contribution is 5.29. The number of rotatable bonds is 8. The van der Waals surface area contributed by atoms with Crippen molar-refractivity contribution in [3.8, 4) is 0 Å². The van der Waals surface area contributed by atoms with Gasteiger partial charge in [0, 0.05) is 45.9 Å². The van der Waals surface area contributed by atoms with E-state index in [4.69, 9.17) is 9.47 Å². The maximum absolute atomic E-state index is 6.38. The number of piperazine rings is 1. The van der Waals surface area contributed by atoms with Crippen LogP contribution in [-0.2, 0) is 9.47 Å². The summed E-state index contributed by atoms with van der Waals surface area (Å²) in [4.78, 5) is 5.09. The SMILES string of the molecule is c1ccc(C(OCCN2CCN(CC3CCCO3)CC2)c2ccccc2)cc1. The fourth-order valence-electron chi connectivity index (χ4n) is 4.21. The van der Waals surface area contributed by atoms with Gasteiger partial charge in [0.1, 0.15) is 6.10 Å². The molecule has 0 aromatic heterocycles. The Hall–Kier alpha value is -1.72. The van der Waals surface area contributed by atoms with Gasteiger partial charge in [-0.3, -0.25) is 9.80 Å². The van der Waals surface area contributed by atoms with Gasteiger partial charge in [-0.15, -0.1) is 0 Å². The van der Waals surface area contributed by atoms with Crippen molar-refractivity contribution in [3.05, 3.63) is 71.8 Å². The molecule has 0 bridgehead atoms. The van der Waals surface area contributed by atoms with Gasteiger partial charge < -0.3 is 9.47 Å². The van der Waals surface area contributed by atoms with E-state index in [-0.39, 0.29) is 6.10 Å². The molecular weight excluding hydrogens is 348 g/mol. The minimum Gasteiger partial charge on any atom is -0.377 e. The van der Waals surface area contributed by atoms with Crippen molar-refractivity contribution in [3.63, 3.8) is 0 Å². The van der Waals surface area contributed by atoms with Gasteiger partial charge in [0.25, 0.3) is 0 Å². The first-order chi connectivity index (χ1) is 13.9. The van der Waals surface area contributed by atoms with Crippen LogP contribution in [-0.4, -0.2) is 68.4 Å². The normalized spacial score (nSPS) is 21.4. The lowest BCUT2D eigenvalue weighted by atomic mass is 10.0. The van der Waals surface area contributed by atoms with E-state index in [1.165, 1.54) is 24.0 Å². The van der Waals surface area contributed by atoms with Crippen LogP contribution in [0.5, 0.6) is 0 Å². The molecule has 0 aliphatic carbocycles. The molecule has 2 aromatic carbocycles. The van der Waals surface area contributed by atoms with Crippen molar-refractivity contribution in [2.75, 3.05) is 52.5 Å². The molecule has 0 amide bonds. The summed E-state index contributed by atoms with van der Waals surface area (Å²) in [5.41, 5.74) is 2.44. The number of ether oxygens (including phenoxy) is 2. The van der Waals surface area contributed by atoms with Gasteiger partial charge in [0.2, 0.25) is 0 Å². The van der Waals surface area contributed by atoms with Crippen LogP contribution in [0, 0.1) is 0 Å². The Kier molecular flexibility index (Phi) is 7.12. The molecule has 1 atom stereocenters. The highest BCUT2D eigenvalue weighted by atomic mass is 16.5. The zero-order valence-electron chi connectivity index (χ0n) is 16.7. The van der Waals surface area contributed by atoms with Gasteiger partial charge >= 0.3 is 0 Å². The Morgan fingerprint density at radius 1 is 0.857 bits per heavy atom. The van der Waals surface area contributed by atoms with E-state index in [0.29, 0.717) is 6.10 Å². The van der Waals surface area contributed by atoms with E-state index in [1.54, 1.807) is 0 Å². The number of benzene rings is 2. The van der Waals surface area contributed by atoms with Crippen molar-refractivity contribution in [2.24, 2.45) is 0 Å². The Morgan fingerprint density at radius 3 is 2.04 bits per heavy atom.